The second-order valence-corrected chi connectivity index (χ2v) is 11.7. The Morgan fingerprint density at radius 1 is 0.923 bits per heavy atom. The molecule has 1 saturated heterocycles. The summed E-state index contributed by atoms with van der Waals surface area (Å²) in [6, 6.07) is 13.5. The highest BCUT2D eigenvalue weighted by molar-refractivity contribution is 8.19. The SMILES string of the molecule is CCCCCCCCOc1ccc(C=C2SC(=NS(=O)(=O)c3ccccc3)N(CCCOC)C2=O)cc1OC. The maximum atomic E-state index is 13.3. The Kier molecular flexibility index (Phi) is 12.4. The van der Waals surface area contributed by atoms with Crippen LogP contribution in [0.15, 0.2) is 62.7 Å². The van der Waals surface area contributed by atoms with E-state index in [9.17, 15) is 13.2 Å². The number of benzene rings is 2. The van der Waals surface area contributed by atoms with Gasteiger partial charge in [0, 0.05) is 20.3 Å². The molecule has 1 amide bonds. The summed E-state index contributed by atoms with van der Waals surface area (Å²) in [6.07, 6.45) is 9.35. The molecular formula is C29H38N2O6S2. The lowest BCUT2D eigenvalue weighted by atomic mass is 10.1. The smallest absolute Gasteiger partial charge is 0.284 e. The van der Waals surface area contributed by atoms with E-state index >= 15 is 0 Å². The number of rotatable bonds is 16. The number of carbonyl (C=O) groups excluding carboxylic acids is 1. The van der Waals surface area contributed by atoms with Gasteiger partial charge < -0.3 is 14.2 Å². The van der Waals surface area contributed by atoms with Crippen LogP contribution < -0.4 is 9.47 Å². The molecule has 3 rings (SSSR count). The van der Waals surface area contributed by atoms with Gasteiger partial charge in [-0.3, -0.25) is 9.69 Å². The average Bonchev–Trinajstić information content (AvgIpc) is 3.22. The number of thioether (sulfide) groups is 1. The van der Waals surface area contributed by atoms with E-state index in [0.29, 0.717) is 36.0 Å². The molecular weight excluding hydrogens is 536 g/mol. The Balaban J connectivity index is 1.77. The van der Waals surface area contributed by atoms with Crippen LogP contribution >= 0.6 is 11.8 Å². The molecule has 0 unspecified atom stereocenters. The molecule has 212 valence electrons. The minimum absolute atomic E-state index is 0.0705. The van der Waals surface area contributed by atoms with E-state index in [0.717, 1.165) is 30.2 Å². The first-order valence-corrected chi connectivity index (χ1v) is 15.6. The average molecular weight is 575 g/mol. The van der Waals surface area contributed by atoms with Crippen molar-refractivity contribution in [3.63, 3.8) is 0 Å². The maximum Gasteiger partial charge on any atom is 0.284 e. The van der Waals surface area contributed by atoms with Gasteiger partial charge in [0.05, 0.1) is 23.5 Å². The van der Waals surface area contributed by atoms with Crippen molar-refractivity contribution >= 4 is 38.9 Å². The molecule has 0 aliphatic carbocycles. The molecule has 0 spiro atoms. The maximum absolute atomic E-state index is 13.3. The molecule has 1 heterocycles. The highest BCUT2D eigenvalue weighted by Crippen LogP contribution is 2.36. The molecule has 0 saturated carbocycles. The largest absolute Gasteiger partial charge is 0.493 e. The van der Waals surface area contributed by atoms with Gasteiger partial charge >= 0.3 is 0 Å². The molecule has 10 heteroatoms. The predicted octanol–water partition coefficient (Wildman–Crippen LogP) is 6.13. The van der Waals surface area contributed by atoms with Crippen LogP contribution in [0, 0.1) is 0 Å². The molecule has 1 fully saturated rings. The van der Waals surface area contributed by atoms with Crippen molar-refractivity contribution in [2.24, 2.45) is 4.40 Å². The minimum atomic E-state index is -3.98. The highest BCUT2D eigenvalue weighted by Gasteiger charge is 2.34. The van der Waals surface area contributed by atoms with Crippen molar-refractivity contribution in [2.45, 2.75) is 56.8 Å². The van der Waals surface area contributed by atoms with Gasteiger partial charge in [0.2, 0.25) is 0 Å². The molecule has 1 aliphatic heterocycles. The molecule has 0 bridgehead atoms. The van der Waals surface area contributed by atoms with Crippen LogP contribution in [0.5, 0.6) is 11.5 Å². The molecule has 2 aromatic carbocycles. The summed E-state index contributed by atoms with van der Waals surface area (Å²) in [5.74, 6) is 0.916. The van der Waals surface area contributed by atoms with Crippen molar-refractivity contribution < 1.29 is 27.4 Å². The number of ether oxygens (including phenoxy) is 3. The molecule has 0 aromatic heterocycles. The normalized spacial score (nSPS) is 15.9. The van der Waals surface area contributed by atoms with Gasteiger partial charge in [0.15, 0.2) is 16.7 Å². The second kappa shape index (κ2) is 15.7. The molecule has 8 nitrogen and oxygen atoms in total. The van der Waals surface area contributed by atoms with Crippen LogP contribution in [-0.2, 0) is 19.6 Å². The zero-order chi connectivity index (χ0) is 28.1. The summed E-state index contributed by atoms with van der Waals surface area (Å²) in [4.78, 5) is 15.1. The topological polar surface area (TPSA) is 94.5 Å². The Morgan fingerprint density at radius 2 is 1.67 bits per heavy atom. The summed E-state index contributed by atoms with van der Waals surface area (Å²) < 4.78 is 46.5. The number of nitrogens with zero attached hydrogens (tertiary/aromatic N) is 2. The number of sulfonamides is 1. The minimum Gasteiger partial charge on any atom is -0.493 e. The van der Waals surface area contributed by atoms with E-state index in [1.165, 1.54) is 42.7 Å². The lowest BCUT2D eigenvalue weighted by Gasteiger charge is -2.15. The van der Waals surface area contributed by atoms with Crippen molar-refractivity contribution in [3.8, 4) is 11.5 Å². The van der Waals surface area contributed by atoms with E-state index in [1.54, 1.807) is 38.5 Å². The van der Waals surface area contributed by atoms with Crippen LogP contribution in [0.25, 0.3) is 6.08 Å². The van der Waals surface area contributed by atoms with Crippen molar-refractivity contribution in [3.05, 3.63) is 59.0 Å². The van der Waals surface area contributed by atoms with E-state index in [4.69, 9.17) is 14.2 Å². The van der Waals surface area contributed by atoms with Crippen molar-refractivity contribution in [2.75, 3.05) is 34.0 Å². The third kappa shape index (κ3) is 9.12. The second-order valence-electron chi connectivity index (χ2n) is 9.10. The molecule has 2 aromatic rings. The first kappa shape index (κ1) is 30.7. The highest BCUT2D eigenvalue weighted by atomic mass is 32.2. The summed E-state index contributed by atoms with van der Waals surface area (Å²) in [5.41, 5.74) is 0.735. The third-order valence-electron chi connectivity index (χ3n) is 6.10. The Bertz CT molecular complexity index is 1250. The number of unbranched alkanes of at least 4 members (excludes halogenated alkanes) is 5. The van der Waals surface area contributed by atoms with Gasteiger partial charge in [-0.25, -0.2) is 0 Å². The van der Waals surface area contributed by atoms with E-state index < -0.39 is 10.0 Å². The third-order valence-corrected chi connectivity index (χ3v) is 8.50. The van der Waals surface area contributed by atoms with Crippen LogP contribution in [0.3, 0.4) is 0 Å². The Hall–Kier alpha value is -2.82. The Labute approximate surface area is 236 Å². The lowest BCUT2D eigenvalue weighted by molar-refractivity contribution is -0.122. The van der Waals surface area contributed by atoms with E-state index in [-0.39, 0.29) is 22.5 Å². The standard InChI is InChI=1S/C29H38N2O6S2/c1-4-5-6-7-8-12-20-37-25-17-16-23(21-26(25)36-3)22-27-28(32)31(18-13-19-35-2)29(38-27)30-39(33,34)24-14-10-9-11-15-24/h9-11,14-17,21-22H,4-8,12-13,18-20H2,1-3H3. The lowest BCUT2D eigenvalue weighted by Crippen LogP contribution is -2.31. The number of hydrogen-bond donors (Lipinski definition) is 0. The number of hydrogen-bond acceptors (Lipinski definition) is 7. The molecule has 0 N–H and O–H groups in total. The van der Waals surface area contributed by atoms with Gasteiger partial charge in [0.25, 0.3) is 15.9 Å². The fraction of sp³-hybridized carbons (Fsp3) is 0.448. The fourth-order valence-corrected chi connectivity index (χ4v) is 6.23. The monoisotopic (exact) mass is 574 g/mol. The quantitative estimate of drug-likeness (QED) is 0.176. The zero-order valence-corrected chi connectivity index (χ0v) is 24.6. The van der Waals surface area contributed by atoms with Crippen LogP contribution in [0.2, 0.25) is 0 Å². The summed E-state index contributed by atoms with van der Waals surface area (Å²) in [7, 11) is -0.825. The van der Waals surface area contributed by atoms with Gasteiger partial charge in [-0.2, -0.15) is 8.42 Å². The number of methoxy groups -OCH3 is 2. The van der Waals surface area contributed by atoms with Crippen LogP contribution in [-0.4, -0.2) is 58.4 Å². The zero-order valence-electron chi connectivity index (χ0n) is 22.9. The Morgan fingerprint density at radius 3 is 2.38 bits per heavy atom. The van der Waals surface area contributed by atoms with E-state index in [2.05, 4.69) is 11.3 Å². The number of amides is 1. The predicted molar refractivity (Wildman–Crippen MR) is 157 cm³/mol. The van der Waals surface area contributed by atoms with Crippen molar-refractivity contribution in [1.29, 1.82) is 0 Å². The molecule has 0 radical (unpaired) electrons. The molecule has 1 aliphatic rings. The first-order chi connectivity index (χ1) is 18.9. The van der Waals surface area contributed by atoms with Gasteiger partial charge in [-0.05, 0) is 60.5 Å². The van der Waals surface area contributed by atoms with Gasteiger partial charge in [-0.15, -0.1) is 4.40 Å². The summed E-state index contributed by atoms with van der Waals surface area (Å²) in [6.45, 7) is 3.54. The summed E-state index contributed by atoms with van der Waals surface area (Å²) >= 11 is 1.04. The van der Waals surface area contributed by atoms with Gasteiger partial charge in [-0.1, -0.05) is 63.3 Å². The van der Waals surface area contributed by atoms with Crippen LogP contribution in [0.4, 0.5) is 0 Å². The van der Waals surface area contributed by atoms with Crippen molar-refractivity contribution in [1.82, 2.24) is 4.90 Å². The van der Waals surface area contributed by atoms with E-state index in [1.807, 2.05) is 18.2 Å². The first-order valence-electron chi connectivity index (χ1n) is 13.3. The molecule has 39 heavy (non-hydrogen) atoms. The number of amidine groups is 1. The molecule has 0 atom stereocenters. The fourth-order valence-electron chi connectivity index (χ4n) is 4.00. The number of carbonyl (C=O) groups is 1. The summed E-state index contributed by atoms with van der Waals surface area (Å²) in [5, 5.41) is 0.122. The van der Waals surface area contributed by atoms with Gasteiger partial charge in [0.1, 0.15) is 0 Å². The van der Waals surface area contributed by atoms with Crippen LogP contribution in [0.1, 0.15) is 57.4 Å².